The number of nitrogens with two attached hydrogens (primary N) is 8. The predicted molar refractivity (Wildman–Crippen MR) is 190 cm³/mol. The summed E-state index contributed by atoms with van der Waals surface area (Å²) >= 11 is 0. The molecule has 0 radical (unpaired) electrons. The number of carbonyl (C=O) groups excluding carboxylic acids is 4. The Hall–Kier alpha value is -2.52. The van der Waals surface area contributed by atoms with Crippen molar-refractivity contribution >= 4 is 23.6 Å². The van der Waals surface area contributed by atoms with Gasteiger partial charge in [-0.25, -0.2) is 0 Å². The lowest BCUT2D eigenvalue weighted by Gasteiger charge is -2.27. The molecule has 0 fully saturated rings. The van der Waals surface area contributed by atoms with Crippen LogP contribution in [0, 0.1) is 0 Å². The highest BCUT2D eigenvalue weighted by atomic mass is 16.2. The third-order valence-corrected chi connectivity index (χ3v) is 6.28. The molecule has 0 heterocycles. The zero-order valence-electron chi connectivity index (χ0n) is 28.8. The van der Waals surface area contributed by atoms with E-state index in [0.29, 0.717) is 137 Å². The van der Waals surface area contributed by atoms with Gasteiger partial charge in [0.15, 0.2) is 0 Å². The van der Waals surface area contributed by atoms with E-state index < -0.39 is 0 Å². The minimum absolute atomic E-state index is 0.0489. The van der Waals surface area contributed by atoms with Crippen LogP contribution in [0.3, 0.4) is 0 Å². The van der Waals surface area contributed by atoms with Crippen LogP contribution in [0.25, 0.3) is 0 Å². The fraction of sp³-hybridized carbons (Fsp3) is 0.862. The van der Waals surface area contributed by atoms with E-state index >= 15 is 0 Å². The van der Waals surface area contributed by atoms with Crippen LogP contribution in [0.5, 0.6) is 0 Å². The molecule has 0 aliphatic rings. The summed E-state index contributed by atoms with van der Waals surface area (Å²) in [6.45, 7) is 9.23. The molecule has 0 unspecified atom stereocenters. The Morgan fingerprint density at radius 3 is 0.915 bits per heavy atom. The molecule has 0 atom stereocenters. The van der Waals surface area contributed by atoms with Gasteiger partial charge in [0.2, 0.25) is 23.6 Å². The maximum absolute atomic E-state index is 12.3. The van der Waals surface area contributed by atoms with Gasteiger partial charge in [0.25, 0.3) is 0 Å². The van der Waals surface area contributed by atoms with Crippen LogP contribution >= 0.6 is 0 Å². The molecule has 18 nitrogen and oxygen atoms in total. The van der Waals surface area contributed by atoms with E-state index in [2.05, 4.69) is 31.1 Å². The third kappa shape index (κ3) is 39.6. The average Bonchev–Trinajstić information content (AvgIpc) is 3.08. The first kappa shape index (κ1) is 48.9. The molecule has 0 aliphatic carbocycles. The zero-order chi connectivity index (χ0) is 36.0. The zero-order valence-corrected chi connectivity index (χ0v) is 28.8. The molecule has 0 rings (SSSR count). The monoisotopic (exact) mass is 679 g/mol. The van der Waals surface area contributed by atoms with E-state index in [1.807, 2.05) is 0 Å². The van der Waals surface area contributed by atoms with Crippen LogP contribution in [-0.4, -0.2) is 151 Å². The standard InChI is InChI=1S/C25H54N10O4.2C2H8N2/c26-8-1-2-12-30-22(36)4-16-34(18-6-24(38)32-14-10-28)20-21-35(19-7-25(39)33-15-11-29)17-5-23(37)31-13-3-9-27;2*3-1-2-4/h1-21,26-29H2,(H,30,36)(H,31,37)(H,32,38)(H,33,39);2*1-4H2. The molecule has 0 spiro atoms. The Labute approximate surface area is 282 Å². The number of hydrogen-bond donors (Lipinski definition) is 12. The molecule has 0 aliphatic heterocycles. The van der Waals surface area contributed by atoms with Gasteiger partial charge in [-0.1, -0.05) is 0 Å². The molecule has 20 N–H and O–H groups in total. The Morgan fingerprint density at radius 1 is 0.340 bits per heavy atom. The van der Waals surface area contributed by atoms with Crippen LogP contribution in [0.2, 0.25) is 0 Å². The summed E-state index contributed by atoms with van der Waals surface area (Å²) in [4.78, 5) is 52.9. The van der Waals surface area contributed by atoms with E-state index in [4.69, 9.17) is 45.9 Å². The molecule has 4 amide bonds. The lowest BCUT2D eigenvalue weighted by atomic mass is 10.2. The minimum atomic E-state index is -0.0995. The normalized spacial score (nSPS) is 10.4. The number of rotatable bonds is 28. The molecule has 0 aromatic heterocycles. The Morgan fingerprint density at radius 2 is 0.638 bits per heavy atom. The highest BCUT2D eigenvalue weighted by molar-refractivity contribution is 5.77. The maximum atomic E-state index is 12.3. The predicted octanol–water partition coefficient (Wildman–Crippen LogP) is -5.57. The van der Waals surface area contributed by atoms with Crippen LogP contribution < -0.4 is 67.1 Å². The number of amides is 4. The largest absolute Gasteiger partial charge is 0.356 e. The molecule has 280 valence electrons. The van der Waals surface area contributed by atoms with Crippen molar-refractivity contribution in [2.45, 2.75) is 44.9 Å². The van der Waals surface area contributed by atoms with Gasteiger partial charge in [-0.3, -0.25) is 19.2 Å². The molecule has 0 aromatic carbocycles. The van der Waals surface area contributed by atoms with Gasteiger partial charge in [-0.2, -0.15) is 0 Å². The van der Waals surface area contributed by atoms with Crippen LogP contribution in [0.1, 0.15) is 44.9 Å². The summed E-state index contributed by atoms with van der Waals surface area (Å²) in [5.41, 5.74) is 41.5. The van der Waals surface area contributed by atoms with E-state index in [1.165, 1.54) is 0 Å². The Balaban J connectivity index is -0.00000215. The molecule has 0 aromatic rings. The summed E-state index contributed by atoms with van der Waals surface area (Å²) < 4.78 is 0. The first-order chi connectivity index (χ1) is 22.7. The maximum Gasteiger partial charge on any atom is 0.221 e. The van der Waals surface area contributed by atoms with E-state index in [-0.39, 0.29) is 36.5 Å². The second-order valence-electron chi connectivity index (χ2n) is 10.5. The topological polar surface area (TPSA) is 331 Å². The summed E-state index contributed by atoms with van der Waals surface area (Å²) in [6, 6.07) is 0. The Kier molecular flexibility index (Phi) is 41.2. The fourth-order valence-corrected chi connectivity index (χ4v) is 3.60. The van der Waals surface area contributed by atoms with Crippen LogP contribution in [-0.2, 0) is 19.2 Å². The molecule has 0 bridgehead atoms. The highest BCUT2D eigenvalue weighted by Gasteiger charge is 2.15. The molecular weight excluding hydrogens is 608 g/mol. The van der Waals surface area contributed by atoms with Gasteiger partial charge in [-0.15, -0.1) is 0 Å². The van der Waals surface area contributed by atoms with Crippen molar-refractivity contribution < 1.29 is 19.2 Å². The van der Waals surface area contributed by atoms with Gasteiger partial charge >= 0.3 is 0 Å². The number of carbonyl (C=O) groups is 4. The SMILES string of the molecule is NCCCCNC(=O)CCN(CCC(=O)NCCN)CCN(CCC(=O)NCCN)CCC(=O)NCCCN.NCCN.NCCN. The number of nitrogens with one attached hydrogen (secondary N) is 4. The quantitative estimate of drug-likeness (QED) is 0.0343. The summed E-state index contributed by atoms with van der Waals surface area (Å²) in [5.74, 6) is -0.315. The fourth-order valence-electron chi connectivity index (χ4n) is 3.60. The lowest BCUT2D eigenvalue weighted by Crippen LogP contribution is -2.42. The van der Waals surface area contributed by atoms with E-state index in [0.717, 1.165) is 12.8 Å². The van der Waals surface area contributed by atoms with Gasteiger partial charge in [0.1, 0.15) is 0 Å². The highest BCUT2D eigenvalue weighted by Crippen LogP contribution is 2.01. The lowest BCUT2D eigenvalue weighted by molar-refractivity contribution is -0.123. The van der Waals surface area contributed by atoms with Crippen molar-refractivity contribution in [1.29, 1.82) is 0 Å². The van der Waals surface area contributed by atoms with Crippen molar-refractivity contribution in [3.63, 3.8) is 0 Å². The average molecular weight is 679 g/mol. The Bertz CT molecular complexity index is 729. The van der Waals surface area contributed by atoms with Gasteiger partial charge in [0.05, 0.1) is 0 Å². The van der Waals surface area contributed by atoms with Gasteiger partial charge in [-0.05, 0) is 32.4 Å². The van der Waals surface area contributed by atoms with Crippen molar-refractivity contribution in [2.24, 2.45) is 45.9 Å². The first-order valence-electron chi connectivity index (χ1n) is 16.8. The first-order valence-corrected chi connectivity index (χ1v) is 16.8. The number of nitrogens with zero attached hydrogens (tertiary/aromatic N) is 2. The summed E-state index contributed by atoms with van der Waals surface area (Å²) in [6.07, 6.45) is 3.56. The van der Waals surface area contributed by atoms with Crippen LogP contribution in [0.4, 0.5) is 0 Å². The van der Waals surface area contributed by atoms with Crippen LogP contribution in [0.15, 0.2) is 0 Å². The molecule has 0 saturated heterocycles. The van der Waals surface area contributed by atoms with E-state index in [1.54, 1.807) is 0 Å². The molecule has 47 heavy (non-hydrogen) atoms. The number of hydrogen-bond acceptors (Lipinski definition) is 14. The van der Waals surface area contributed by atoms with Crippen molar-refractivity contribution in [3.8, 4) is 0 Å². The van der Waals surface area contributed by atoms with Crippen molar-refractivity contribution in [2.75, 3.05) is 118 Å². The third-order valence-electron chi connectivity index (χ3n) is 6.28. The minimum Gasteiger partial charge on any atom is -0.356 e. The smallest absolute Gasteiger partial charge is 0.221 e. The molecule has 18 heteroatoms. The van der Waals surface area contributed by atoms with Gasteiger partial charge < -0.3 is 76.9 Å². The summed E-state index contributed by atoms with van der Waals surface area (Å²) in [5, 5.41) is 11.3. The van der Waals surface area contributed by atoms with Crippen molar-refractivity contribution in [3.05, 3.63) is 0 Å². The molecular formula is C29H70N14O4. The second kappa shape index (κ2) is 39.7. The summed E-state index contributed by atoms with van der Waals surface area (Å²) in [7, 11) is 0. The molecule has 0 saturated carbocycles. The second-order valence-corrected chi connectivity index (χ2v) is 10.5. The number of unbranched alkanes of at least 4 members (excludes halogenated alkanes) is 1. The van der Waals surface area contributed by atoms with E-state index in [9.17, 15) is 19.2 Å². The van der Waals surface area contributed by atoms with Gasteiger partial charge in [0, 0.05) is 130 Å². The van der Waals surface area contributed by atoms with Crippen molar-refractivity contribution in [1.82, 2.24) is 31.1 Å².